The average molecular weight is 739 g/mol. The number of aliphatic hydroxyl groups is 6. The zero-order valence-electron chi connectivity index (χ0n) is 31.6. The summed E-state index contributed by atoms with van der Waals surface area (Å²) in [5.41, 5.74) is -1.06. The molecule has 0 aromatic rings. The molecule has 0 bridgehead atoms. The summed E-state index contributed by atoms with van der Waals surface area (Å²) in [5, 5.41) is 65.6. The number of hydrogen-bond donors (Lipinski definition) is 6. The number of carbonyl (C=O) groups is 2. The van der Waals surface area contributed by atoms with Crippen molar-refractivity contribution in [2.75, 3.05) is 13.2 Å². The SMILES string of the molecule is CC(=O)O[C@H]1[C@@H](O[C@H]2C[C@H]3[C@@H]4CC=C5C[C@@H](O)CC[C@]5(C)[C@H]4CC[C@]3(C)[C@@]2(O)[C@H](C)C(=O)CCC(C)C)OC[C@H](O)[C@@H]1O[C@H]1OC[C@H](O)[C@@H](O)[C@@H]1O. The van der Waals surface area contributed by atoms with Crippen LogP contribution in [0, 0.1) is 40.4 Å². The van der Waals surface area contributed by atoms with Gasteiger partial charge in [0.15, 0.2) is 18.7 Å². The van der Waals surface area contributed by atoms with Crippen LogP contribution in [0.2, 0.25) is 0 Å². The van der Waals surface area contributed by atoms with Crippen LogP contribution >= 0.6 is 0 Å². The number of rotatable bonds is 10. The first-order valence-corrected chi connectivity index (χ1v) is 19.5. The molecule has 6 aliphatic rings. The van der Waals surface area contributed by atoms with Gasteiger partial charge < -0.3 is 54.3 Å². The molecule has 6 N–H and O–H groups in total. The van der Waals surface area contributed by atoms with Gasteiger partial charge in [0.05, 0.1) is 25.4 Å². The van der Waals surface area contributed by atoms with Crippen molar-refractivity contribution < 1.29 is 63.9 Å². The van der Waals surface area contributed by atoms with Gasteiger partial charge >= 0.3 is 5.97 Å². The van der Waals surface area contributed by atoms with Gasteiger partial charge in [-0.25, -0.2) is 0 Å². The lowest BCUT2D eigenvalue weighted by atomic mass is 9.46. The lowest BCUT2D eigenvalue weighted by Gasteiger charge is -2.59. The molecule has 0 radical (unpaired) electrons. The summed E-state index contributed by atoms with van der Waals surface area (Å²) in [6, 6.07) is 0. The molecule has 0 aromatic carbocycles. The van der Waals surface area contributed by atoms with Gasteiger partial charge in [0.2, 0.25) is 0 Å². The van der Waals surface area contributed by atoms with E-state index in [1.54, 1.807) is 6.92 Å². The summed E-state index contributed by atoms with van der Waals surface area (Å²) in [6.45, 7) is 10.9. The fraction of sp³-hybridized carbons (Fsp3) is 0.897. The highest BCUT2D eigenvalue weighted by Crippen LogP contribution is 2.69. The van der Waals surface area contributed by atoms with E-state index in [2.05, 4.69) is 33.8 Å². The van der Waals surface area contributed by atoms with Crippen LogP contribution in [0.4, 0.5) is 0 Å². The lowest BCUT2D eigenvalue weighted by molar-refractivity contribution is -0.345. The van der Waals surface area contributed by atoms with Crippen molar-refractivity contribution >= 4 is 11.8 Å². The van der Waals surface area contributed by atoms with Crippen LogP contribution in [-0.4, -0.2) is 123 Å². The Kier molecular flexibility index (Phi) is 11.7. The van der Waals surface area contributed by atoms with Crippen LogP contribution in [-0.2, 0) is 33.3 Å². The predicted octanol–water partition coefficient (Wildman–Crippen LogP) is 2.15. The average Bonchev–Trinajstić information content (AvgIpc) is 3.32. The molecule has 4 aliphatic carbocycles. The van der Waals surface area contributed by atoms with Crippen LogP contribution in [0.25, 0.3) is 0 Å². The van der Waals surface area contributed by atoms with Crippen molar-refractivity contribution in [3.8, 4) is 0 Å². The number of hydrogen-bond acceptors (Lipinski definition) is 13. The van der Waals surface area contributed by atoms with Crippen molar-refractivity contribution in [3.63, 3.8) is 0 Å². The second kappa shape index (κ2) is 15.2. The first kappa shape index (κ1) is 40.2. The Hall–Kier alpha value is -1.52. The molecule has 0 amide bonds. The number of fused-ring (bicyclic) bond motifs is 5. The summed E-state index contributed by atoms with van der Waals surface area (Å²) >= 11 is 0. The van der Waals surface area contributed by atoms with E-state index in [0.29, 0.717) is 43.9 Å². The van der Waals surface area contributed by atoms with Gasteiger partial charge in [-0.05, 0) is 80.5 Å². The minimum atomic E-state index is -1.66. The van der Waals surface area contributed by atoms with Crippen molar-refractivity contribution in [1.29, 1.82) is 0 Å². The number of allylic oxidation sites excluding steroid dienone is 1. The third-order valence-corrected chi connectivity index (χ3v) is 14.2. The zero-order chi connectivity index (χ0) is 37.9. The minimum Gasteiger partial charge on any atom is -0.454 e. The number of Topliss-reactive ketones (excluding diaryl/α,β-unsaturated/α-hetero) is 1. The molecule has 296 valence electrons. The number of carbonyl (C=O) groups excluding carboxylic acids is 2. The Morgan fingerprint density at radius 2 is 1.60 bits per heavy atom. The minimum absolute atomic E-state index is 0.0184. The highest BCUT2D eigenvalue weighted by atomic mass is 16.7. The Labute approximate surface area is 307 Å². The smallest absolute Gasteiger partial charge is 0.303 e. The Bertz CT molecular complexity index is 1340. The van der Waals surface area contributed by atoms with Crippen LogP contribution in [0.1, 0.15) is 99.3 Å². The second-order valence-electron chi connectivity index (χ2n) is 17.6. The first-order chi connectivity index (χ1) is 24.4. The van der Waals surface area contributed by atoms with E-state index in [4.69, 9.17) is 23.7 Å². The number of esters is 1. The maximum atomic E-state index is 14.0. The van der Waals surface area contributed by atoms with Gasteiger partial charge in [-0.15, -0.1) is 0 Å². The topological polar surface area (TPSA) is 202 Å². The van der Waals surface area contributed by atoms with Gasteiger partial charge in [-0.1, -0.05) is 46.3 Å². The second-order valence-corrected chi connectivity index (χ2v) is 17.6. The quantitative estimate of drug-likeness (QED) is 0.141. The third-order valence-electron chi connectivity index (χ3n) is 14.2. The highest BCUT2D eigenvalue weighted by molar-refractivity contribution is 5.82. The van der Waals surface area contributed by atoms with E-state index in [-0.39, 0.29) is 42.4 Å². The Balaban J connectivity index is 1.33. The summed E-state index contributed by atoms with van der Waals surface area (Å²) in [5.74, 6) is -0.713. The van der Waals surface area contributed by atoms with Crippen molar-refractivity contribution in [1.82, 2.24) is 0 Å². The molecule has 2 aliphatic heterocycles. The molecule has 52 heavy (non-hydrogen) atoms. The van der Waals surface area contributed by atoms with E-state index in [9.17, 15) is 40.2 Å². The van der Waals surface area contributed by atoms with Gasteiger partial charge in [-0.3, -0.25) is 9.59 Å². The number of ketones is 1. The molecule has 0 unspecified atom stereocenters. The number of ether oxygens (including phenoxy) is 5. The molecule has 5 fully saturated rings. The van der Waals surface area contributed by atoms with Gasteiger partial charge in [0.1, 0.15) is 41.9 Å². The predicted molar refractivity (Wildman–Crippen MR) is 185 cm³/mol. The van der Waals surface area contributed by atoms with E-state index >= 15 is 0 Å². The molecule has 0 spiro atoms. The van der Waals surface area contributed by atoms with Gasteiger partial charge in [-0.2, -0.15) is 0 Å². The van der Waals surface area contributed by atoms with E-state index in [0.717, 1.165) is 25.7 Å². The maximum absolute atomic E-state index is 14.0. The van der Waals surface area contributed by atoms with Crippen LogP contribution in [0.15, 0.2) is 11.6 Å². The molecule has 2 saturated heterocycles. The summed E-state index contributed by atoms with van der Waals surface area (Å²) in [6.07, 6.45) is -4.28. The molecule has 13 nitrogen and oxygen atoms in total. The van der Waals surface area contributed by atoms with E-state index in [1.165, 1.54) is 12.5 Å². The fourth-order valence-corrected chi connectivity index (χ4v) is 11.1. The van der Waals surface area contributed by atoms with Crippen molar-refractivity contribution in [2.24, 2.45) is 40.4 Å². The molecule has 2 heterocycles. The molecular formula is C39H62O13. The normalized spacial score (nSPS) is 48.2. The monoisotopic (exact) mass is 738 g/mol. The van der Waals surface area contributed by atoms with Gasteiger partial charge in [0, 0.05) is 24.7 Å². The van der Waals surface area contributed by atoms with E-state index in [1.807, 2.05) is 0 Å². The highest BCUT2D eigenvalue weighted by Gasteiger charge is 2.70. The van der Waals surface area contributed by atoms with E-state index < -0.39 is 78.2 Å². The van der Waals surface area contributed by atoms with Crippen LogP contribution < -0.4 is 0 Å². The Morgan fingerprint density at radius 1 is 0.904 bits per heavy atom. The molecule has 3 saturated carbocycles. The zero-order valence-corrected chi connectivity index (χ0v) is 31.6. The molecule has 6 rings (SSSR count). The largest absolute Gasteiger partial charge is 0.454 e. The summed E-state index contributed by atoms with van der Waals surface area (Å²) in [4.78, 5) is 26.5. The number of aliphatic hydroxyl groups excluding tert-OH is 5. The summed E-state index contributed by atoms with van der Waals surface area (Å²) in [7, 11) is 0. The van der Waals surface area contributed by atoms with Crippen molar-refractivity contribution in [2.45, 2.75) is 166 Å². The molecule has 0 aromatic heterocycles. The van der Waals surface area contributed by atoms with Gasteiger partial charge in [0.25, 0.3) is 0 Å². The van der Waals surface area contributed by atoms with Crippen molar-refractivity contribution in [3.05, 3.63) is 11.6 Å². The summed E-state index contributed by atoms with van der Waals surface area (Å²) < 4.78 is 29.8. The standard InChI is InChI=1S/C39H62O13/c1-19(2)7-10-27(42)20(3)39(47)30(16-26-24-9-8-22-15-23(41)11-13-37(22,5)25(24)12-14-38(26,39)6)51-36-34(50-21(4)40)33(29(44)18-49-36)52-35-32(46)31(45)28(43)17-48-35/h8,19-20,23-26,28-36,41,43-47H,7,9-18H2,1-6H3/t20-,23+,24-,25+,26+,28+,29+,30+,31-,32+,33+,34-,35-,36-,37+,38+,39-/m1/s1. The first-order valence-electron chi connectivity index (χ1n) is 19.5. The molecule has 13 heteroatoms. The lowest BCUT2D eigenvalue weighted by Crippen LogP contribution is -2.64. The molecular weight excluding hydrogens is 676 g/mol. The fourth-order valence-electron chi connectivity index (χ4n) is 11.1. The third kappa shape index (κ3) is 6.94. The maximum Gasteiger partial charge on any atom is 0.303 e. The Morgan fingerprint density at radius 3 is 2.29 bits per heavy atom. The van der Waals surface area contributed by atoms with Crippen LogP contribution in [0.3, 0.4) is 0 Å². The molecule has 17 atom stereocenters. The van der Waals surface area contributed by atoms with Crippen LogP contribution in [0.5, 0.6) is 0 Å².